The number of hydrogen-bond donors (Lipinski definition) is 8. The number of fused-ring (bicyclic) bond motifs is 1. The molecule has 0 aliphatic heterocycles. The lowest BCUT2D eigenvalue weighted by atomic mass is 10.0. The summed E-state index contributed by atoms with van der Waals surface area (Å²) >= 11 is 0. The van der Waals surface area contributed by atoms with E-state index in [2.05, 4.69) is 20.9 Å². The van der Waals surface area contributed by atoms with Crippen molar-refractivity contribution in [3.8, 4) is 5.75 Å². The van der Waals surface area contributed by atoms with Crippen molar-refractivity contribution in [2.75, 3.05) is 0 Å². The number of aromatic amines is 1. The van der Waals surface area contributed by atoms with Crippen molar-refractivity contribution in [1.82, 2.24) is 20.9 Å². The number of carbonyl (C=O) groups is 5. The lowest BCUT2D eigenvalue weighted by molar-refractivity contribution is -0.143. The first kappa shape index (κ1) is 30.6. The van der Waals surface area contributed by atoms with Gasteiger partial charge in [-0.1, -0.05) is 30.3 Å². The van der Waals surface area contributed by atoms with Crippen LogP contribution in [0.15, 0.2) is 54.7 Å². The molecule has 0 radical (unpaired) electrons. The first-order valence-corrected chi connectivity index (χ1v) is 12.9. The summed E-state index contributed by atoms with van der Waals surface area (Å²) in [6, 6.07) is 8.73. The molecule has 13 nitrogen and oxygen atoms in total. The number of para-hydroxylation sites is 1. The van der Waals surface area contributed by atoms with Gasteiger partial charge in [-0.15, -0.1) is 0 Å². The van der Waals surface area contributed by atoms with Crippen LogP contribution in [0.5, 0.6) is 5.75 Å². The number of nitrogens with one attached hydrogen (secondary N) is 4. The molecule has 9 N–H and O–H groups in total. The normalized spacial score (nSPS) is 13.9. The fourth-order valence-electron chi connectivity index (χ4n) is 4.19. The molecule has 3 rings (SSSR count). The van der Waals surface area contributed by atoms with Crippen LogP contribution in [0.4, 0.5) is 0 Å². The van der Waals surface area contributed by atoms with Crippen LogP contribution >= 0.6 is 0 Å². The minimum absolute atomic E-state index is 0.0538. The molecule has 0 aliphatic carbocycles. The Morgan fingerprint density at radius 2 is 1.51 bits per heavy atom. The number of aliphatic carboxylic acids is 2. The Kier molecular flexibility index (Phi) is 10.4. The molecule has 0 saturated heterocycles. The minimum atomic E-state index is -1.46. The van der Waals surface area contributed by atoms with E-state index in [1.54, 1.807) is 18.3 Å². The average Bonchev–Trinajstić information content (AvgIpc) is 3.34. The highest BCUT2D eigenvalue weighted by Crippen LogP contribution is 2.19. The Morgan fingerprint density at radius 3 is 2.17 bits per heavy atom. The van der Waals surface area contributed by atoms with E-state index in [-0.39, 0.29) is 25.0 Å². The standard InChI is InChI=1S/C28H33N5O8/c1-15(25(37)32-22(28(40)41)10-11-24(35)36)31-27(39)23(13-17-14-30-21-5-3-2-4-19(17)21)33-26(38)20(29)12-16-6-8-18(34)9-7-16/h2-9,14-15,20,22-23,30,34H,10-13,29H2,1H3,(H,31,39)(H,32,37)(H,33,38)(H,35,36)(H,40,41). The van der Waals surface area contributed by atoms with Crippen molar-refractivity contribution in [3.63, 3.8) is 0 Å². The van der Waals surface area contributed by atoms with Gasteiger partial charge in [-0.3, -0.25) is 19.2 Å². The van der Waals surface area contributed by atoms with Gasteiger partial charge in [0.15, 0.2) is 0 Å². The van der Waals surface area contributed by atoms with Gasteiger partial charge in [0, 0.05) is 29.9 Å². The van der Waals surface area contributed by atoms with Crippen molar-refractivity contribution in [2.45, 2.75) is 56.8 Å². The Bertz CT molecular complexity index is 1400. The largest absolute Gasteiger partial charge is 0.508 e. The molecule has 0 bridgehead atoms. The van der Waals surface area contributed by atoms with E-state index in [1.807, 2.05) is 24.3 Å². The molecule has 0 spiro atoms. The van der Waals surface area contributed by atoms with Crippen LogP contribution in [-0.2, 0) is 36.8 Å². The van der Waals surface area contributed by atoms with Gasteiger partial charge in [0.2, 0.25) is 17.7 Å². The maximum atomic E-state index is 13.3. The highest BCUT2D eigenvalue weighted by molar-refractivity contribution is 5.94. The third-order valence-electron chi connectivity index (χ3n) is 6.47. The van der Waals surface area contributed by atoms with E-state index < -0.39 is 60.2 Å². The summed E-state index contributed by atoms with van der Waals surface area (Å²) in [6.07, 6.45) is 1.09. The van der Waals surface area contributed by atoms with Crippen molar-refractivity contribution >= 4 is 40.6 Å². The SMILES string of the molecule is CC(NC(=O)C(Cc1c[nH]c2ccccc12)NC(=O)C(N)Cc1ccc(O)cc1)C(=O)NC(CCC(=O)O)C(=O)O. The number of H-pyrrole nitrogens is 1. The van der Waals surface area contributed by atoms with Crippen LogP contribution in [-0.4, -0.2) is 74.1 Å². The third-order valence-corrected chi connectivity index (χ3v) is 6.47. The number of benzene rings is 2. The zero-order valence-electron chi connectivity index (χ0n) is 22.3. The zero-order chi connectivity index (χ0) is 30.1. The molecule has 218 valence electrons. The van der Waals surface area contributed by atoms with Crippen molar-refractivity contribution in [2.24, 2.45) is 5.73 Å². The van der Waals surface area contributed by atoms with Gasteiger partial charge in [0.1, 0.15) is 23.9 Å². The zero-order valence-corrected chi connectivity index (χ0v) is 22.3. The van der Waals surface area contributed by atoms with Crippen LogP contribution in [0.2, 0.25) is 0 Å². The Labute approximate surface area is 235 Å². The first-order valence-electron chi connectivity index (χ1n) is 12.9. The number of carboxylic acid groups (broad SMARTS) is 2. The van der Waals surface area contributed by atoms with Gasteiger partial charge >= 0.3 is 11.9 Å². The van der Waals surface area contributed by atoms with Gasteiger partial charge in [-0.05, 0) is 49.1 Å². The highest BCUT2D eigenvalue weighted by Gasteiger charge is 2.29. The van der Waals surface area contributed by atoms with E-state index in [9.17, 15) is 34.2 Å². The van der Waals surface area contributed by atoms with Crippen molar-refractivity contribution < 1.29 is 39.3 Å². The van der Waals surface area contributed by atoms with Gasteiger partial charge in [0.05, 0.1) is 6.04 Å². The van der Waals surface area contributed by atoms with E-state index in [0.717, 1.165) is 16.5 Å². The lowest BCUT2D eigenvalue weighted by Gasteiger charge is -2.23. The molecule has 13 heteroatoms. The van der Waals surface area contributed by atoms with E-state index in [4.69, 9.17) is 10.8 Å². The number of nitrogens with two attached hydrogens (primary N) is 1. The number of phenols is 1. The summed E-state index contributed by atoms with van der Waals surface area (Å²) < 4.78 is 0. The van der Waals surface area contributed by atoms with Gasteiger partial charge < -0.3 is 42.0 Å². The maximum Gasteiger partial charge on any atom is 0.326 e. The summed E-state index contributed by atoms with van der Waals surface area (Å²) in [5.74, 6) is -4.72. The van der Waals surface area contributed by atoms with E-state index in [1.165, 1.54) is 19.1 Å². The summed E-state index contributed by atoms with van der Waals surface area (Å²) in [5.41, 5.74) is 8.36. The molecule has 1 aromatic heterocycles. The van der Waals surface area contributed by atoms with Crippen LogP contribution in [0.25, 0.3) is 10.9 Å². The number of aromatic hydroxyl groups is 1. The van der Waals surface area contributed by atoms with Gasteiger partial charge in [-0.25, -0.2) is 4.79 Å². The molecule has 4 unspecified atom stereocenters. The minimum Gasteiger partial charge on any atom is -0.508 e. The van der Waals surface area contributed by atoms with Crippen molar-refractivity contribution in [3.05, 3.63) is 65.9 Å². The second-order valence-corrected chi connectivity index (χ2v) is 9.66. The highest BCUT2D eigenvalue weighted by atomic mass is 16.4. The molecule has 0 fully saturated rings. The molecular weight excluding hydrogens is 534 g/mol. The molecular formula is C28H33N5O8. The van der Waals surface area contributed by atoms with Gasteiger partial charge in [0.25, 0.3) is 0 Å². The predicted octanol–water partition coefficient (Wildman–Crippen LogP) is 0.410. The van der Waals surface area contributed by atoms with E-state index >= 15 is 0 Å². The summed E-state index contributed by atoms with van der Waals surface area (Å²) in [5, 5.41) is 35.8. The number of phenolic OH excluding ortho intramolecular Hbond substituents is 1. The Morgan fingerprint density at radius 1 is 0.854 bits per heavy atom. The average molecular weight is 568 g/mol. The second-order valence-electron chi connectivity index (χ2n) is 9.66. The lowest BCUT2D eigenvalue weighted by Crippen LogP contribution is -2.57. The number of carbonyl (C=O) groups excluding carboxylic acids is 3. The third kappa shape index (κ3) is 8.80. The summed E-state index contributed by atoms with van der Waals surface area (Å²) in [7, 11) is 0. The maximum absolute atomic E-state index is 13.3. The van der Waals surface area contributed by atoms with Gasteiger partial charge in [-0.2, -0.15) is 0 Å². The molecule has 2 aromatic carbocycles. The predicted molar refractivity (Wildman–Crippen MR) is 148 cm³/mol. The summed E-state index contributed by atoms with van der Waals surface area (Å²) in [4.78, 5) is 64.4. The fourth-order valence-corrected chi connectivity index (χ4v) is 4.19. The Hall–Kier alpha value is -4.91. The molecule has 1 heterocycles. The molecule has 0 aliphatic rings. The monoisotopic (exact) mass is 567 g/mol. The van der Waals surface area contributed by atoms with E-state index in [0.29, 0.717) is 5.56 Å². The smallest absolute Gasteiger partial charge is 0.326 e. The first-order chi connectivity index (χ1) is 19.4. The summed E-state index contributed by atoms with van der Waals surface area (Å²) in [6.45, 7) is 1.34. The topological polar surface area (TPSA) is 224 Å². The number of hydrogen-bond acceptors (Lipinski definition) is 7. The molecule has 0 saturated carbocycles. The van der Waals surface area contributed by atoms with Crippen LogP contribution in [0.1, 0.15) is 30.9 Å². The fraction of sp³-hybridized carbons (Fsp3) is 0.321. The molecule has 3 amide bonds. The Balaban J connectivity index is 1.73. The number of carboxylic acids is 2. The van der Waals surface area contributed by atoms with Crippen LogP contribution in [0.3, 0.4) is 0 Å². The molecule has 4 atom stereocenters. The number of rotatable bonds is 14. The quantitative estimate of drug-likeness (QED) is 0.135. The second kappa shape index (κ2) is 13.9. The van der Waals surface area contributed by atoms with Crippen molar-refractivity contribution in [1.29, 1.82) is 0 Å². The number of amides is 3. The van der Waals surface area contributed by atoms with Crippen LogP contribution in [0, 0.1) is 0 Å². The molecule has 41 heavy (non-hydrogen) atoms. The number of aromatic nitrogens is 1. The molecule has 3 aromatic rings. The van der Waals surface area contributed by atoms with Crippen LogP contribution < -0.4 is 21.7 Å².